The van der Waals surface area contributed by atoms with Crippen LogP contribution < -0.4 is 11.1 Å². The zero-order valence-electron chi connectivity index (χ0n) is 10.9. The molecule has 3 nitrogen and oxygen atoms in total. The molecule has 0 aromatic heterocycles. The summed E-state index contributed by atoms with van der Waals surface area (Å²) in [6.45, 7) is 2.03. The van der Waals surface area contributed by atoms with Gasteiger partial charge in [0.1, 0.15) is 0 Å². The highest BCUT2D eigenvalue weighted by Crippen LogP contribution is 2.23. The number of hydrogen-bond acceptors (Lipinski definition) is 3. The molecule has 0 spiro atoms. The molecule has 0 radical (unpaired) electrons. The van der Waals surface area contributed by atoms with Crippen molar-refractivity contribution in [3.63, 3.8) is 0 Å². The molecular formula is C15H21N3. The maximum absolute atomic E-state index is 8.86. The lowest BCUT2D eigenvalue weighted by Gasteiger charge is -2.24. The summed E-state index contributed by atoms with van der Waals surface area (Å²) >= 11 is 0. The Morgan fingerprint density at radius 1 is 1.28 bits per heavy atom. The highest BCUT2D eigenvalue weighted by molar-refractivity contribution is 5.54. The van der Waals surface area contributed by atoms with Gasteiger partial charge in [-0.3, -0.25) is 0 Å². The largest absolute Gasteiger partial charge is 0.381 e. The highest BCUT2D eigenvalue weighted by atomic mass is 15.0. The Bertz CT molecular complexity index is 448. The molecule has 1 aliphatic rings. The molecule has 3 heteroatoms. The topological polar surface area (TPSA) is 61.8 Å². The van der Waals surface area contributed by atoms with Crippen LogP contribution in [0.4, 0.5) is 5.69 Å². The molecule has 0 heterocycles. The third-order valence-electron chi connectivity index (χ3n) is 3.77. The summed E-state index contributed by atoms with van der Waals surface area (Å²) in [7, 11) is 0. The zero-order valence-corrected chi connectivity index (χ0v) is 10.9. The van der Waals surface area contributed by atoms with Crippen LogP contribution in [0, 0.1) is 18.3 Å². The summed E-state index contributed by atoms with van der Waals surface area (Å²) in [6, 6.07) is 8.54. The van der Waals surface area contributed by atoms with Crippen molar-refractivity contribution in [3.05, 3.63) is 29.3 Å². The van der Waals surface area contributed by atoms with Crippen LogP contribution in [-0.4, -0.2) is 12.1 Å². The van der Waals surface area contributed by atoms with Crippen LogP contribution >= 0.6 is 0 Å². The van der Waals surface area contributed by atoms with Gasteiger partial charge in [-0.05, 0) is 43.5 Å². The van der Waals surface area contributed by atoms with E-state index in [-0.39, 0.29) is 6.04 Å². The van der Waals surface area contributed by atoms with E-state index in [9.17, 15) is 0 Å². The van der Waals surface area contributed by atoms with E-state index in [1.54, 1.807) is 0 Å². The molecule has 1 aromatic rings. The van der Waals surface area contributed by atoms with Gasteiger partial charge in [-0.15, -0.1) is 0 Å². The second-order valence-corrected chi connectivity index (χ2v) is 5.19. The summed E-state index contributed by atoms with van der Waals surface area (Å²) in [6.07, 6.45) is 6.03. The number of nitrogens with one attached hydrogen (secondary N) is 1. The normalized spacial score (nSPS) is 24.1. The number of nitrogens with zero attached hydrogens (tertiary/aromatic N) is 1. The van der Waals surface area contributed by atoms with Crippen molar-refractivity contribution in [2.24, 2.45) is 5.73 Å². The van der Waals surface area contributed by atoms with E-state index in [1.807, 2.05) is 25.1 Å². The summed E-state index contributed by atoms with van der Waals surface area (Å²) in [5, 5.41) is 12.4. The van der Waals surface area contributed by atoms with Crippen LogP contribution in [0.5, 0.6) is 0 Å². The first-order valence-corrected chi connectivity index (χ1v) is 6.73. The minimum absolute atomic E-state index is 0.238. The third kappa shape index (κ3) is 3.02. The minimum Gasteiger partial charge on any atom is -0.381 e. The van der Waals surface area contributed by atoms with Crippen molar-refractivity contribution in [3.8, 4) is 6.07 Å². The molecule has 1 aliphatic carbocycles. The summed E-state index contributed by atoms with van der Waals surface area (Å²) in [4.78, 5) is 0. The van der Waals surface area contributed by atoms with Gasteiger partial charge >= 0.3 is 0 Å². The van der Waals surface area contributed by atoms with Crippen molar-refractivity contribution < 1.29 is 0 Å². The lowest BCUT2D eigenvalue weighted by Crippen LogP contribution is -2.39. The Balaban J connectivity index is 2.10. The molecule has 3 N–H and O–H groups in total. The highest BCUT2D eigenvalue weighted by Gasteiger charge is 2.20. The van der Waals surface area contributed by atoms with Crippen molar-refractivity contribution in [1.82, 2.24) is 0 Å². The fraction of sp³-hybridized carbons (Fsp3) is 0.533. The molecule has 0 saturated heterocycles. The quantitative estimate of drug-likeness (QED) is 0.785. The first kappa shape index (κ1) is 12.9. The van der Waals surface area contributed by atoms with Gasteiger partial charge in [-0.1, -0.05) is 19.3 Å². The van der Waals surface area contributed by atoms with Crippen LogP contribution in [0.1, 0.15) is 43.2 Å². The number of anilines is 1. The Hall–Kier alpha value is -1.53. The second-order valence-electron chi connectivity index (χ2n) is 5.19. The maximum Gasteiger partial charge on any atom is 0.0991 e. The zero-order chi connectivity index (χ0) is 13.0. The van der Waals surface area contributed by atoms with Gasteiger partial charge in [-0.25, -0.2) is 0 Å². The molecule has 1 aromatic carbocycles. The summed E-state index contributed by atoms with van der Waals surface area (Å²) in [5.74, 6) is 0. The van der Waals surface area contributed by atoms with Gasteiger partial charge < -0.3 is 11.1 Å². The molecular weight excluding hydrogens is 222 g/mol. The molecule has 0 bridgehead atoms. The Labute approximate surface area is 109 Å². The predicted molar refractivity (Wildman–Crippen MR) is 74.4 cm³/mol. The van der Waals surface area contributed by atoms with Crippen LogP contribution in [0.15, 0.2) is 18.2 Å². The van der Waals surface area contributed by atoms with Gasteiger partial charge in [0.05, 0.1) is 11.6 Å². The molecule has 2 unspecified atom stereocenters. The van der Waals surface area contributed by atoms with Crippen LogP contribution in [0.25, 0.3) is 0 Å². The molecule has 1 saturated carbocycles. The van der Waals surface area contributed by atoms with E-state index in [4.69, 9.17) is 11.0 Å². The fourth-order valence-electron chi connectivity index (χ4n) is 2.61. The van der Waals surface area contributed by atoms with E-state index < -0.39 is 0 Å². The third-order valence-corrected chi connectivity index (χ3v) is 3.77. The average molecular weight is 243 g/mol. The smallest absolute Gasteiger partial charge is 0.0991 e. The van der Waals surface area contributed by atoms with Crippen molar-refractivity contribution in [2.45, 2.75) is 51.1 Å². The van der Waals surface area contributed by atoms with Crippen LogP contribution in [0.3, 0.4) is 0 Å². The Morgan fingerprint density at radius 2 is 2.06 bits per heavy atom. The first-order chi connectivity index (χ1) is 8.70. The molecule has 2 rings (SSSR count). The lowest BCUT2D eigenvalue weighted by molar-refractivity contribution is 0.528. The SMILES string of the molecule is Cc1cc(C#N)ccc1NC1CCCCCC1N. The molecule has 0 aliphatic heterocycles. The van der Waals surface area contributed by atoms with E-state index in [0.29, 0.717) is 11.6 Å². The van der Waals surface area contributed by atoms with Gasteiger partial charge in [-0.2, -0.15) is 5.26 Å². The standard InChI is InChI=1S/C15H21N3/c1-11-9-12(10-16)7-8-14(11)18-15-6-4-2-3-5-13(15)17/h7-9,13,15,18H,2-6,17H2,1H3. The molecule has 18 heavy (non-hydrogen) atoms. The first-order valence-electron chi connectivity index (χ1n) is 6.73. The number of nitrogens with two attached hydrogens (primary N) is 1. The number of hydrogen-bond donors (Lipinski definition) is 2. The lowest BCUT2D eigenvalue weighted by atomic mass is 10.0. The minimum atomic E-state index is 0.238. The number of rotatable bonds is 2. The Morgan fingerprint density at radius 3 is 2.78 bits per heavy atom. The summed E-state index contributed by atoms with van der Waals surface area (Å²) < 4.78 is 0. The molecule has 96 valence electrons. The van der Waals surface area contributed by atoms with E-state index in [1.165, 1.54) is 19.3 Å². The number of aryl methyl sites for hydroxylation is 1. The van der Waals surface area contributed by atoms with E-state index in [2.05, 4.69) is 11.4 Å². The van der Waals surface area contributed by atoms with Crippen molar-refractivity contribution in [2.75, 3.05) is 5.32 Å². The summed E-state index contributed by atoms with van der Waals surface area (Å²) in [5.41, 5.74) is 9.15. The predicted octanol–water partition coefficient (Wildman–Crippen LogP) is 2.94. The number of nitriles is 1. The van der Waals surface area contributed by atoms with Crippen molar-refractivity contribution >= 4 is 5.69 Å². The monoisotopic (exact) mass is 243 g/mol. The Kier molecular flexibility index (Phi) is 4.22. The van der Waals surface area contributed by atoms with Crippen LogP contribution in [0.2, 0.25) is 0 Å². The average Bonchev–Trinajstić information content (AvgIpc) is 2.57. The molecule has 1 fully saturated rings. The number of benzene rings is 1. The molecule has 0 amide bonds. The van der Waals surface area contributed by atoms with Crippen LogP contribution in [-0.2, 0) is 0 Å². The van der Waals surface area contributed by atoms with E-state index in [0.717, 1.165) is 24.1 Å². The second kappa shape index (κ2) is 5.88. The van der Waals surface area contributed by atoms with Gasteiger partial charge in [0.2, 0.25) is 0 Å². The van der Waals surface area contributed by atoms with Gasteiger partial charge in [0.15, 0.2) is 0 Å². The fourth-order valence-corrected chi connectivity index (χ4v) is 2.61. The molecule has 2 atom stereocenters. The van der Waals surface area contributed by atoms with Crippen molar-refractivity contribution in [1.29, 1.82) is 5.26 Å². The van der Waals surface area contributed by atoms with Gasteiger partial charge in [0.25, 0.3) is 0 Å². The van der Waals surface area contributed by atoms with E-state index >= 15 is 0 Å². The van der Waals surface area contributed by atoms with Gasteiger partial charge in [0, 0.05) is 17.8 Å². The maximum atomic E-state index is 8.86.